The summed E-state index contributed by atoms with van der Waals surface area (Å²) in [6.07, 6.45) is 0.859. The second kappa shape index (κ2) is 3.37. The van der Waals surface area contributed by atoms with Crippen LogP contribution in [0.5, 0.6) is 0 Å². The summed E-state index contributed by atoms with van der Waals surface area (Å²) in [5.74, 6) is 0. The van der Waals surface area contributed by atoms with Crippen molar-refractivity contribution in [3.63, 3.8) is 0 Å². The zero-order chi connectivity index (χ0) is 12.3. The third-order valence-corrected chi connectivity index (χ3v) is 5.71. The molecule has 0 aliphatic carbocycles. The second-order valence-corrected chi connectivity index (χ2v) is 6.79. The fraction of sp³-hybridized carbons (Fsp3) is 0.455. The molecule has 3 aliphatic heterocycles. The van der Waals surface area contributed by atoms with E-state index >= 15 is 0 Å². The van der Waals surface area contributed by atoms with Gasteiger partial charge in [-0.3, -0.25) is 4.55 Å². The van der Waals surface area contributed by atoms with Crippen molar-refractivity contribution in [3.05, 3.63) is 28.8 Å². The van der Waals surface area contributed by atoms with Crippen molar-refractivity contribution >= 4 is 27.4 Å². The molecule has 17 heavy (non-hydrogen) atoms. The molecule has 1 aromatic carbocycles. The van der Waals surface area contributed by atoms with Gasteiger partial charge in [-0.1, -0.05) is 11.6 Å². The van der Waals surface area contributed by atoms with Crippen LogP contribution in [-0.4, -0.2) is 26.1 Å². The molecule has 0 aromatic heterocycles. The number of nitrogens with zero attached hydrogens (tertiary/aromatic N) is 1. The molecule has 0 radical (unpaired) electrons. The van der Waals surface area contributed by atoms with Gasteiger partial charge in [-0.15, -0.1) is 0 Å². The van der Waals surface area contributed by atoms with Gasteiger partial charge in [-0.2, -0.15) is 8.42 Å². The maximum Gasteiger partial charge on any atom is 0.275 e. The molecule has 4 nitrogen and oxygen atoms in total. The molecule has 3 aliphatic rings. The first-order valence-corrected chi connectivity index (χ1v) is 7.28. The Labute approximate surface area is 105 Å². The van der Waals surface area contributed by atoms with Crippen molar-refractivity contribution in [3.8, 4) is 0 Å². The summed E-state index contributed by atoms with van der Waals surface area (Å²) in [7, 11) is -4.12. The molecule has 0 atom stereocenters. The molecule has 92 valence electrons. The Balaban J connectivity index is 2.31. The predicted octanol–water partition coefficient (Wildman–Crippen LogP) is 2.04. The maximum absolute atomic E-state index is 11.7. The fourth-order valence-electron chi connectivity index (χ4n) is 2.92. The highest BCUT2D eigenvalue weighted by Gasteiger charge is 2.52. The van der Waals surface area contributed by atoms with Crippen molar-refractivity contribution in [2.24, 2.45) is 0 Å². The number of halogens is 1. The van der Waals surface area contributed by atoms with Crippen molar-refractivity contribution in [2.45, 2.75) is 17.6 Å². The van der Waals surface area contributed by atoms with E-state index in [1.54, 1.807) is 12.1 Å². The van der Waals surface area contributed by atoms with Crippen LogP contribution in [0.2, 0.25) is 5.02 Å². The Morgan fingerprint density at radius 1 is 1.29 bits per heavy atom. The van der Waals surface area contributed by atoms with Crippen molar-refractivity contribution in [1.29, 1.82) is 0 Å². The van der Waals surface area contributed by atoms with Gasteiger partial charge in [0, 0.05) is 29.4 Å². The van der Waals surface area contributed by atoms with E-state index in [9.17, 15) is 13.0 Å². The molecular weight excluding hydrogens is 262 g/mol. The molecule has 0 spiro atoms. The molecule has 3 heterocycles. The monoisotopic (exact) mass is 273 g/mol. The Morgan fingerprint density at radius 3 is 2.53 bits per heavy atom. The van der Waals surface area contributed by atoms with Gasteiger partial charge < -0.3 is 4.90 Å². The lowest BCUT2D eigenvalue weighted by atomic mass is 9.82. The number of anilines is 1. The van der Waals surface area contributed by atoms with E-state index in [0.29, 0.717) is 36.5 Å². The molecule has 6 heteroatoms. The summed E-state index contributed by atoms with van der Waals surface area (Å²) < 4.78 is 31.9. The van der Waals surface area contributed by atoms with E-state index in [1.807, 2.05) is 6.07 Å². The summed E-state index contributed by atoms with van der Waals surface area (Å²) in [6.45, 7) is 1.32. The summed E-state index contributed by atoms with van der Waals surface area (Å²) in [5.41, 5.74) is 1.52. The maximum atomic E-state index is 11.7. The second-order valence-electron chi connectivity index (χ2n) is 4.62. The molecule has 1 fully saturated rings. The molecular formula is C11H12ClNO3S. The largest absolute Gasteiger partial charge is 0.371 e. The van der Waals surface area contributed by atoms with Gasteiger partial charge in [0.2, 0.25) is 0 Å². The Kier molecular flexibility index (Phi) is 2.24. The lowest BCUT2D eigenvalue weighted by Crippen LogP contribution is -2.52. The van der Waals surface area contributed by atoms with E-state index in [0.717, 1.165) is 5.69 Å². The molecule has 1 saturated heterocycles. The zero-order valence-corrected chi connectivity index (χ0v) is 10.6. The normalized spacial score (nSPS) is 21.4. The van der Waals surface area contributed by atoms with Gasteiger partial charge in [0.15, 0.2) is 0 Å². The average molecular weight is 274 g/mol. The lowest BCUT2D eigenvalue weighted by Gasteiger charge is -2.48. The van der Waals surface area contributed by atoms with Gasteiger partial charge in [0.05, 0.1) is 0 Å². The Hall–Kier alpha value is -0.780. The molecule has 1 aromatic rings. The SMILES string of the molecule is O=S(=O)(O)C12CCN(CC1)c1ccc(Cl)cc12. The van der Waals surface area contributed by atoms with E-state index in [-0.39, 0.29) is 0 Å². The van der Waals surface area contributed by atoms with Crippen LogP contribution in [0.4, 0.5) is 5.69 Å². The van der Waals surface area contributed by atoms with Crippen molar-refractivity contribution < 1.29 is 13.0 Å². The van der Waals surface area contributed by atoms with Crippen LogP contribution < -0.4 is 4.90 Å². The standard InChI is InChI=1S/C11H12ClNO3S/c12-8-1-2-10-9(7-8)11(17(14,15)16)3-5-13(10)6-4-11/h1-2,7H,3-6H2,(H,14,15,16). The van der Waals surface area contributed by atoms with E-state index < -0.39 is 14.9 Å². The predicted molar refractivity (Wildman–Crippen MR) is 66.1 cm³/mol. The third kappa shape index (κ3) is 1.42. The highest BCUT2D eigenvalue weighted by molar-refractivity contribution is 7.86. The third-order valence-electron chi connectivity index (χ3n) is 3.86. The van der Waals surface area contributed by atoms with Crippen LogP contribution in [0.3, 0.4) is 0 Å². The minimum atomic E-state index is -4.12. The van der Waals surface area contributed by atoms with Crippen molar-refractivity contribution in [2.75, 3.05) is 18.0 Å². The van der Waals surface area contributed by atoms with Crippen LogP contribution in [-0.2, 0) is 14.9 Å². The quantitative estimate of drug-likeness (QED) is 0.796. The van der Waals surface area contributed by atoms with Gasteiger partial charge >= 0.3 is 0 Å². The Morgan fingerprint density at radius 2 is 1.94 bits per heavy atom. The van der Waals surface area contributed by atoms with Crippen LogP contribution in [0.25, 0.3) is 0 Å². The van der Waals surface area contributed by atoms with Gasteiger partial charge in [0.1, 0.15) is 4.75 Å². The first-order valence-electron chi connectivity index (χ1n) is 5.46. The minimum absolute atomic E-state index is 0.430. The van der Waals surface area contributed by atoms with E-state index in [2.05, 4.69) is 4.90 Å². The molecule has 2 bridgehead atoms. The molecule has 4 rings (SSSR count). The number of benzene rings is 1. The van der Waals surface area contributed by atoms with Crippen LogP contribution in [0, 0.1) is 0 Å². The first-order chi connectivity index (χ1) is 7.94. The average Bonchev–Trinajstić information content (AvgIpc) is 2.28. The number of rotatable bonds is 1. The van der Waals surface area contributed by atoms with Crippen LogP contribution in [0.15, 0.2) is 18.2 Å². The number of hydrogen-bond donors (Lipinski definition) is 1. The topological polar surface area (TPSA) is 57.6 Å². The van der Waals surface area contributed by atoms with E-state index in [4.69, 9.17) is 11.6 Å². The number of hydrogen-bond acceptors (Lipinski definition) is 3. The molecule has 0 amide bonds. The van der Waals surface area contributed by atoms with Gasteiger partial charge in [-0.25, -0.2) is 0 Å². The van der Waals surface area contributed by atoms with Crippen LogP contribution in [0.1, 0.15) is 18.4 Å². The Bertz CT molecular complexity index is 576. The minimum Gasteiger partial charge on any atom is -0.371 e. The van der Waals surface area contributed by atoms with Gasteiger partial charge in [0.25, 0.3) is 10.1 Å². The number of fused-ring (bicyclic) bond motifs is 2. The molecule has 0 unspecified atom stereocenters. The summed E-state index contributed by atoms with van der Waals surface area (Å²) in [5, 5.41) is 0.500. The molecule has 0 saturated carbocycles. The van der Waals surface area contributed by atoms with E-state index in [1.165, 1.54) is 0 Å². The molecule has 1 N–H and O–H groups in total. The fourth-order valence-corrected chi connectivity index (χ4v) is 4.24. The first kappa shape index (κ1) is 11.3. The zero-order valence-electron chi connectivity index (χ0n) is 9.06. The summed E-state index contributed by atoms with van der Waals surface area (Å²) >= 11 is 5.93. The highest BCUT2D eigenvalue weighted by atomic mass is 35.5. The van der Waals surface area contributed by atoms with Crippen molar-refractivity contribution in [1.82, 2.24) is 0 Å². The summed E-state index contributed by atoms with van der Waals surface area (Å²) in [4.78, 5) is 2.14. The highest BCUT2D eigenvalue weighted by Crippen LogP contribution is 2.50. The smallest absolute Gasteiger partial charge is 0.275 e. The number of piperidine rings is 1. The van der Waals surface area contributed by atoms with Gasteiger partial charge in [-0.05, 0) is 31.0 Å². The lowest BCUT2D eigenvalue weighted by molar-refractivity contribution is 0.359. The van der Waals surface area contributed by atoms with Crippen LogP contribution >= 0.6 is 11.6 Å². The summed E-state index contributed by atoms with van der Waals surface area (Å²) in [6, 6.07) is 5.24.